The van der Waals surface area contributed by atoms with Crippen LogP contribution in [0.1, 0.15) is 83.6 Å². The van der Waals surface area contributed by atoms with Crippen LogP contribution in [0.3, 0.4) is 0 Å². The van der Waals surface area contributed by atoms with Gasteiger partial charge in [-0.1, -0.05) is 76.8 Å². The Labute approximate surface area is 225 Å². The van der Waals surface area contributed by atoms with Crippen LogP contribution in [0.5, 0.6) is 5.75 Å². The maximum atomic E-state index is 13.1. The monoisotopic (exact) mass is 586 g/mol. The van der Waals surface area contributed by atoms with Crippen LogP contribution >= 0.6 is 7.82 Å². The Kier molecular flexibility index (Phi) is 16.3. The summed E-state index contributed by atoms with van der Waals surface area (Å²) in [5.41, 5.74) is 0.459. The summed E-state index contributed by atoms with van der Waals surface area (Å²) in [7, 11) is -8.10. The molecule has 1 N–H and O–H groups in total. The Hall–Kier alpha value is -1.55. The van der Waals surface area contributed by atoms with Crippen molar-refractivity contribution in [1.82, 2.24) is 0 Å². The Morgan fingerprint density at radius 1 is 0.921 bits per heavy atom. The minimum absolute atomic E-state index is 0.0192. The van der Waals surface area contributed by atoms with E-state index in [1.165, 1.54) is 69.7 Å². The number of phosphoric acid groups is 1. The predicted molar refractivity (Wildman–Crippen MR) is 143 cm³/mol. The number of sulfone groups is 1. The average molecular weight is 587 g/mol. The third-order valence-corrected chi connectivity index (χ3v) is 8.42. The number of benzene rings is 1. The second kappa shape index (κ2) is 17.9. The first-order valence-corrected chi connectivity index (χ1v) is 16.6. The lowest BCUT2D eigenvalue weighted by Gasteiger charge is -2.16. The summed E-state index contributed by atoms with van der Waals surface area (Å²) in [4.78, 5) is 9.35. The van der Waals surface area contributed by atoms with E-state index in [1.54, 1.807) is 0 Å². The zero-order valence-electron chi connectivity index (χ0n) is 22.4. The molecule has 1 aromatic carbocycles. The number of phosphoric ester groups is 1. The number of ether oxygens (including phenoxy) is 1. The summed E-state index contributed by atoms with van der Waals surface area (Å²) in [6.45, 7) is 3.24. The fourth-order valence-corrected chi connectivity index (χ4v) is 5.64. The van der Waals surface area contributed by atoms with Crippen LogP contribution in [0.2, 0.25) is 0 Å². The number of hydrogen-bond acceptors (Lipinski definition) is 6. The first-order valence-electron chi connectivity index (χ1n) is 13.2. The SMILES string of the molecule is CCCCCCCCCCCCS(=O)(=O)CCOc1ccc(C/C=C(\OP(=O)(O)OCC)C(F)(F)F)cc1. The van der Waals surface area contributed by atoms with Crippen molar-refractivity contribution in [3.8, 4) is 5.75 Å². The zero-order valence-corrected chi connectivity index (χ0v) is 24.1. The molecule has 0 fully saturated rings. The number of hydrogen-bond donors (Lipinski definition) is 1. The molecule has 12 heteroatoms. The minimum Gasteiger partial charge on any atom is -0.493 e. The van der Waals surface area contributed by atoms with Gasteiger partial charge in [0.15, 0.2) is 9.84 Å². The van der Waals surface area contributed by atoms with Crippen LogP contribution in [-0.4, -0.2) is 44.2 Å². The van der Waals surface area contributed by atoms with Gasteiger partial charge in [0, 0.05) is 0 Å². The Morgan fingerprint density at radius 2 is 1.47 bits per heavy atom. The molecule has 0 saturated carbocycles. The van der Waals surface area contributed by atoms with E-state index in [-0.39, 0.29) is 31.1 Å². The topological polar surface area (TPSA) is 99.1 Å². The van der Waals surface area contributed by atoms with Gasteiger partial charge in [0.1, 0.15) is 12.4 Å². The molecule has 0 spiro atoms. The number of alkyl halides is 3. The smallest absolute Gasteiger partial charge is 0.493 e. The fraction of sp³-hybridized carbons (Fsp3) is 0.692. The molecule has 0 aliphatic heterocycles. The van der Waals surface area contributed by atoms with Crippen molar-refractivity contribution < 1.29 is 44.8 Å². The molecule has 1 atom stereocenters. The van der Waals surface area contributed by atoms with Crippen LogP contribution in [0, 0.1) is 0 Å². The minimum atomic E-state index is -4.97. The largest absolute Gasteiger partial charge is 0.527 e. The fourth-order valence-electron chi connectivity index (χ4n) is 3.65. The molecule has 1 unspecified atom stereocenters. The summed E-state index contributed by atoms with van der Waals surface area (Å²) < 4.78 is 89.5. The van der Waals surface area contributed by atoms with E-state index in [9.17, 15) is 31.0 Å². The number of halogens is 3. The predicted octanol–water partition coefficient (Wildman–Crippen LogP) is 7.54. The van der Waals surface area contributed by atoms with E-state index >= 15 is 0 Å². The first kappa shape index (κ1) is 34.5. The molecular formula is C26H42F3O7PS. The van der Waals surface area contributed by atoms with Crippen molar-refractivity contribution in [2.75, 3.05) is 24.7 Å². The maximum absolute atomic E-state index is 13.1. The van der Waals surface area contributed by atoms with E-state index in [0.29, 0.717) is 23.8 Å². The van der Waals surface area contributed by atoms with E-state index in [2.05, 4.69) is 16.0 Å². The Balaban J connectivity index is 2.39. The quantitative estimate of drug-likeness (QED) is 0.0902. The lowest BCUT2D eigenvalue weighted by Crippen LogP contribution is -2.17. The number of unbranched alkanes of at least 4 members (excludes halogenated alkanes) is 9. The summed E-state index contributed by atoms with van der Waals surface area (Å²) in [5.74, 6) is -1.21. The second-order valence-corrected chi connectivity index (χ2v) is 12.8. The molecule has 38 heavy (non-hydrogen) atoms. The van der Waals surface area contributed by atoms with Gasteiger partial charge >= 0.3 is 14.0 Å². The van der Waals surface area contributed by atoms with E-state index in [1.807, 2.05) is 0 Å². The highest BCUT2D eigenvalue weighted by Gasteiger charge is 2.40. The highest BCUT2D eigenvalue weighted by atomic mass is 32.2. The molecule has 1 rings (SSSR count). The van der Waals surface area contributed by atoms with Crippen LogP contribution in [0.25, 0.3) is 0 Å². The summed E-state index contributed by atoms with van der Waals surface area (Å²) in [5, 5.41) is 0. The van der Waals surface area contributed by atoms with Gasteiger partial charge in [-0.05, 0) is 43.5 Å². The second-order valence-electron chi connectivity index (χ2n) is 9.07. The molecule has 7 nitrogen and oxygen atoms in total. The Bertz CT molecular complexity index is 964. The lowest BCUT2D eigenvalue weighted by molar-refractivity contribution is -0.119. The molecule has 0 radical (unpaired) electrons. The standard InChI is InChI=1S/C26H42F3O7PS/c1-3-5-6-7-8-9-10-11-12-13-21-38(32,33)22-20-34-24-17-14-23(15-18-24)16-19-25(26(27,28)29)36-37(30,31)35-4-2/h14-15,17-19H,3-13,16,20-22H2,1-2H3,(H,30,31)/b25-19-. The van der Waals surface area contributed by atoms with Crippen molar-refractivity contribution in [2.45, 2.75) is 90.7 Å². The maximum Gasteiger partial charge on any atom is 0.527 e. The summed E-state index contributed by atoms with van der Waals surface area (Å²) >= 11 is 0. The van der Waals surface area contributed by atoms with Crippen molar-refractivity contribution in [3.63, 3.8) is 0 Å². The molecule has 220 valence electrons. The normalized spacial score (nSPS) is 14.3. The molecule has 0 amide bonds. The van der Waals surface area contributed by atoms with Crippen LogP contribution in [0.15, 0.2) is 36.1 Å². The van der Waals surface area contributed by atoms with Crippen molar-refractivity contribution >= 4 is 17.7 Å². The Morgan fingerprint density at radius 3 is 2.00 bits per heavy atom. The van der Waals surface area contributed by atoms with Gasteiger partial charge in [0.05, 0.1) is 18.1 Å². The first-order chi connectivity index (χ1) is 17.9. The van der Waals surface area contributed by atoms with Gasteiger partial charge < -0.3 is 9.26 Å². The van der Waals surface area contributed by atoms with Gasteiger partial charge in [-0.3, -0.25) is 9.42 Å². The summed E-state index contributed by atoms with van der Waals surface area (Å²) in [6.07, 6.45) is 6.72. The molecule has 0 aliphatic rings. The van der Waals surface area contributed by atoms with Crippen molar-refractivity contribution in [1.29, 1.82) is 0 Å². The lowest BCUT2D eigenvalue weighted by atomic mass is 10.1. The third kappa shape index (κ3) is 16.4. The van der Waals surface area contributed by atoms with Crippen LogP contribution in [0.4, 0.5) is 13.2 Å². The summed E-state index contributed by atoms with van der Waals surface area (Å²) in [6, 6.07) is 6.06. The van der Waals surface area contributed by atoms with E-state index < -0.39 is 29.6 Å². The van der Waals surface area contributed by atoms with Crippen LogP contribution in [-0.2, 0) is 29.9 Å². The van der Waals surface area contributed by atoms with Gasteiger partial charge in [-0.2, -0.15) is 13.2 Å². The van der Waals surface area contributed by atoms with Crippen LogP contribution < -0.4 is 4.74 Å². The molecule has 0 bridgehead atoms. The number of allylic oxidation sites excluding steroid dienone is 2. The highest BCUT2D eigenvalue weighted by Crippen LogP contribution is 2.48. The zero-order chi connectivity index (χ0) is 28.5. The van der Waals surface area contributed by atoms with Crippen molar-refractivity contribution in [2.24, 2.45) is 0 Å². The van der Waals surface area contributed by atoms with Gasteiger partial charge in [-0.25, -0.2) is 13.0 Å². The average Bonchev–Trinajstić information content (AvgIpc) is 2.83. The third-order valence-electron chi connectivity index (χ3n) is 5.70. The highest BCUT2D eigenvalue weighted by molar-refractivity contribution is 7.91. The molecule has 0 aliphatic carbocycles. The van der Waals surface area contributed by atoms with Crippen molar-refractivity contribution in [3.05, 3.63) is 41.7 Å². The molecule has 0 aromatic heterocycles. The van der Waals surface area contributed by atoms with E-state index in [4.69, 9.17) is 4.74 Å². The number of rotatable bonds is 21. The van der Waals surface area contributed by atoms with E-state index in [0.717, 1.165) is 19.3 Å². The molecular weight excluding hydrogens is 544 g/mol. The molecule has 1 aromatic rings. The molecule has 0 heterocycles. The van der Waals surface area contributed by atoms with Gasteiger partial charge in [-0.15, -0.1) is 0 Å². The van der Waals surface area contributed by atoms with Gasteiger partial charge in [0.2, 0.25) is 5.76 Å². The van der Waals surface area contributed by atoms with Gasteiger partial charge in [0.25, 0.3) is 0 Å². The molecule has 0 saturated heterocycles.